The summed E-state index contributed by atoms with van der Waals surface area (Å²) in [4.78, 5) is 12.1. The Hall–Kier alpha value is -2.83. The third kappa shape index (κ3) is 2.45. The highest BCUT2D eigenvalue weighted by Gasteiger charge is 2.15. The fraction of sp³-hybridized carbons (Fsp3) is 0.0714. The lowest BCUT2D eigenvalue weighted by Crippen LogP contribution is -2.14. The van der Waals surface area contributed by atoms with Crippen LogP contribution in [0.25, 0.3) is 11.0 Å². The molecule has 0 aliphatic carbocycles. The maximum Gasteiger partial charge on any atom is 0.258 e. The number of fused-ring (bicyclic) bond motifs is 1. The van der Waals surface area contributed by atoms with Crippen molar-refractivity contribution in [2.24, 2.45) is 0 Å². The van der Waals surface area contributed by atoms with Crippen LogP contribution in [0.5, 0.6) is 0 Å². The number of anilines is 1. The minimum Gasteiger partial charge on any atom is -0.322 e. The van der Waals surface area contributed by atoms with Gasteiger partial charge < -0.3 is 5.32 Å². The molecular weight excluding hydrogens is 278 g/mol. The molecule has 0 bridgehead atoms. The Morgan fingerprint density at radius 3 is 2.67 bits per heavy atom. The maximum absolute atomic E-state index is 13.7. The Morgan fingerprint density at radius 1 is 1.10 bits per heavy atom. The molecule has 0 fully saturated rings. The quantitative estimate of drug-likeness (QED) is 0.761. The first-order valence-electron chi connectivity index (χ1n) is 6.12. The Labute approximate surface area is 118 Å². The lowest BCUT2D eigenvalue weighted by molar-refractivity contribution is 0.102. The molecule has 0 saturated carbocycles. The number of halogens is 2. The number of carbonyl (C=O) groups excluding carboxylic acids is 1. The van der Waals surface area contributed by atoms with Gasteiger partial charge in [0.2, 0.25) is 0 Å². The standard InChI is InChI=1S/C14H10F2N4O/c1-7-4-9(11(16)6-10(7)15)14(21)17-8-2-3-12-13(5-8)19-20-18-12/h2-6H,1H3,(H,17,21)(H,18,19,20). The van der Waals surface area contributed by atoms with Gasteiger partial charge in [0.15, 0.2) is 0 Å². The van der Waals surface area contributed by atoms with Crippen molar-refractivity contribution in [3.8, 4) is 0 Å². The zero-order valence-electron chi connectivity index (χ0n) is 10.9. The molecule has 0 aliphatic rings. The van der Waals surface area contributed by atoms with Crippen LogP contribution in [0.1, 0.15) is 15.9 Å². The van der Waals surface area contributed by atoms with Crippen molar-refractivity contribution < 1.29 is 13.6 Å². The number of aromatic amines is 1. The minimum absolute atomic E-state index is 0.202. The van der Waals surface area contributed by atoms with E-state index in [4.69, 9.17) is 0 Å². The largest absolute Gasteiger partial charge is 0.322 e. The van der Waals surface area contributed by atoms with Gasteiger partial charge in [-0.05, 0) is 36.8 Å². The summed E-state index contributed by atoms with van der Waals surface area (Å²) in [6, 6.07) is 6.77. The molecule has 0 atom stereocenters. The normalized spacial score (nSPS) is 10.8. The Balaban J connectivity index is 1.90. The molecular formula is C14H10F2N4O. The summed E-state index contributed by atoms with van der Waals surface area (Å²) in [5, 5.41) is 12.8. The number of nitrogens with one attached hydrogen (secondary N) is 2. The second-order valence-corrected chi connectivity index (χ2v) is 4.56. The molecule has 2 N–H and O–H groups in total. The second kappa shape index (κ2) is 4.93. The van der Waals surface area contributed by atoms with E-state index >= 15 is 0 Å². The molecule has 1 heterocycles. The number of carbonyl (C=O) groups is 1. The highest BCUT2D eigenvalue weighted by atomic mass is 19.1. The monoisotopic (exact) mass is 288 g/mol. The molecule has 3 rings (SSSR count). The number of amides is 1. The lowest BCUT2D eigenvalue weighted by Gasteiger charge is -2.07. The van der Waals surface area contributed by atoms with Crippen molar-refractivity contribution in [2.45, 2.75) is 6.92 Å². The first-order valence-corrected chi connectivity index (χ1v) is 6.12. The van der Waals surface area contributed by atoms with Gasteiger partial charge in [-0.2, -0.15) is 15.4 Å². The summed E-state index contributed by atoms with van der Waals surface area (Å²) >= 11 is 0. The summed E-state index contributed by atoms with van der Waals surface area (Å²) in [6.07, 6.45) is 0. The number of hydrogen-bond donors (Lipinski definition) is 2. The first kappa shape index (κ1) is 13.2. The van der Waals surface area contributed by atoms with E-state index in [1.165, 1.54) is 13.0 Å². The van der Waals surface area contributed by atoms with E-state index in [1.54, 1.807) is 18.2 Å². The van der Waals surface area contributed by atoms with Crippen molar-refractivity contribution >= 4 is 22.6 Å². The van der Waals surface area contributed by atoms with Gasteiger partial charge in [-0.1, -0.05) is 0 Å². The Kier molecular flexibility index (Phi) is 3.09. The highest BCUT2D eigenvalue weighted by molar-refractivity contribution is 6.05. The van der Waals surface area contributed by atoms with Gasteiger partial charge in [-0.3, -0.25) is 4.79 Å². The van der Waals surface area contributed by atoms with E-state index in [0.717, 1.165) is 0 Å². The van der Waals surface area contributed by atoms with Crippen molar-refractivity contribution in [1.29, 1.82) is 0 Å². The average molecular weight is 288 g/mol. The first-order chi connectivity index (χ1) is 10.0. The Morgan fingerprint density at radius 2 is 1.86 bits per heavy atom. The summed E-state index contributed by atoms with van der Waals surface area (Å²) in [7, 11) is 0. The molecule has 106 valence electrons. The van der Waals surface area contributed by atoms with Crippen LogP contribution in [0, 0.1) is 18.6 Å². The van der Waals surface area contributed by atoms with Crippen LogP contribution in [0.2, 0.25) is 0 Å². The minimum atomic E-state index is -0.905. The predicted octanol–water partition coefficient (Wildman–Crippen LogP) is 2.80. The van der Waals surface area contributed by atoms with Gasteiger partial charge >= 0.3 is 0 Å². The fourth-order valence-corrected chi connectivity index (χ4v) is 1.95. The van der Waals surface area contributed by atoms with Crippen LogP contribution >= 0.6 is 0 Å². The molecule has 0 saturated heterocycles. The van der Waals surface area contributed by atoms with Crippen molar-refractivity contribution in [3.63, 3.8) is 0 Å². The van der Waals surface area contributed by atoms with Crippen molar-refractivity contribution in [1.82, 2.24) is 15.4 Å². The lowest BCUT2D eigenvalue weighted by atomic mass is 10.1. The van der Waals surface area contributed by atoms with Crippen molar-refractivity contribution in [3.05, 3.63) is 53.1 Å². The number of nitrogens with zero attached hydrogens (tertiary/aromatic N) is 2. The summed E-state index contributed by atoms with van der Waals surface area (Å²) in [5.74, 6) is -2.25. The summed E-state index contributed by atoms with van der Waals surface area (Å²) in [5.41, 5.74) is 1.66. The van der Waals surface area contributed by atoms with Gasteiger partial charge in [0.25, 0.3) is 5.91 Å². The molecule has 1 amide bonds. The third-order valence-corrected chi connectivity index (χ3v) is 3.07. The Bertz CT molecular complexity index is 844. The topological polar surface area (TPSA) is 70.7 Å². The van der Waals surface area contributed by atoms with Crippen LogP contribution in [-0.4, -0.2) is 21.3 Å². The molecule has 2 aromatic carbocycles. The van der Waals surface area contributed by atoms with Gasteiger partial charge in [0.05, 0.1) is 5.56 Å². The molecule has 7 heteroatoms. The molecule has 0 unspecified atom stereocenters. The van der Waals surface area contributed by atoms with Crippen LogP contribution in [-0.2, 0) is 0 Å². The summed E-state index contributed by atoms with van der Waals surface area (Å²) in [6.45, 7) is 1.47. The number of hydrogen-bond acceptors (Lipinski definition) is 3. The molecule has 5 nitrogen and oxygen atoms in total. The van der Waals surface area contributed by atoms with Gasteiger partial charge in [-0.15, -0.1) is 0 Å². The third-order valence-electron chi connectivity index (χ3n) is 3.07. The molecule has 3 aromatic rings. The fourth-order valence-electron chi connectivity index (χ4n) is 1.95. The van der Waals surface area contributed by atoms with Crippen LogP contribution in [0.15, 0.2) is 30.3 Å². The number of H-pyrrole nitrogens is 1. The van der Waals surface area contributed by atoms with Gasteiger partial charge in [0.1, 0.15) is 22.7 Å². The second-order valence-electron chi connectivity index (χ2n) is 4.56. The number of aryl methyl sites for hydroxylation is 1. The zero-order chi connectivity index (χ0) is 15.0. The van der Waals surface area contributed by atoms with E-state index in [2.05, 4.69) is 20.7 Å². The number of benzene rings is 2. The average Bonchev–Trinajstić information content (AvgIpc) is 2.90. The summed E-state index contributed by atoms with van der Waals surface area (Å²) < 4.78 is 26.9. The molecule has 0 aliphatic heterocycles. The van der Waals surface area contributed by atoms with E-state index in [1.807, 2.05) is 0 Å². The van der Waals surface area contributed by atoms with Crippen LogP contribution in [0.4, 0.5) is 14.5 Å². The van der Waals surface area contributed by atoms with Crippen LogP contribution < -0.4 is 5.32 Å². The van der Waals surface area contributed by atoms with Crippen LogP contribution in [0.3, 0.4) is 0 Å². The molecule has 1 aromatic heterocycles. The predicted molar refractivity (Wildman–Crippen MR) is 72.9 cm³/mol. The van der Waals surface area contributed by atoms with E-state index in [-0.39, 0.29) is 11.1 Å². The zero-order valence-corrected chi connectivity index (χ0v) is 10.9. The van der Waals surface area contributed by atoms with E-state index in [0.29, 0.717) is 22.8 Å². The highest BCUT2D eigenvalue weighted by Crippen LogP contribution is 2.18. The molecule has 0 spiro atoms. The van der Waals surface area contributed by atoms with Crippen molar-refractivity contribution in [2.75, 3.05) is 5.32 Å². The SMILES string of the molecule is Cc1cc(C(=O)Nc2ccc3n[nH]nc3c2)c(F)cc1F. The van der Waals surface area contributed by atoms with Gasteiger partial charge in [0, 0.05) is 11.8 Å². The molecule has 21 heavy (non-hydrogen) atoms. The molecule has 0 radical (unpaired) electrons. The van der Waals surface area contributed by atoms with Gasteiger partial charge in [-0.25, -0.2) is 8.78 Å². The number of rotatable bonds is 2. The maximum atomic E-state index is 13.7. The number of aromatic nitrogens is 3. The van der Waals surface area contributed by atoms with E-state index < -0.39 is 17.5 Å². The smallest absolute Gasteiger partial charge is 0.258 e. The van der Waals surface area contributed by atoms with E-state index in [9.17, 15) is 13.6 Å².